The first-order valence-electron chi connectivity index (χ1n) is 15.5. The summed E-state index contributed by atoms with van der Waals surface area (Å²) in [7, 11) is 3.54. The Hall–Kier alpha value is -6.43. The molecule has 0 radical (unpaired) electrons. The van der Waals surface area contributed by atoms with Crippen LogP contribution in [0.15, 0.2) is 97.8 Å². The molecule has 0 atom stereocenters. The number of halogens is 1. The highest BCUT2D eigenvalue weighted by atomic mass is 19.1. The summed E-state index contributed by atoms with van der Waals surface area (Å²) in [5.41, 5.74) is 12.1. The number of carbonyl (C=O) groups is 1. The normalized spacial score (nSPS) is 12.1. The zero-order valence-electron chi connectivity index (χ0n) is 27.1. The van der Waals surface area contributed by atoms with Crippen molar-refractivity contribution >= 4 is 51.3 Å². The third-order valence-electron chi connectivity index (χ3n) is 8.49. The van der Waals surface area contributed by atoms with Gasteiger partial charge < -0.3 is 34.9 Å². The largest absolute Gasteiger partial charge is 0.497 e. The summed E-state index contributed by atoms with van der Waals surface area (Å²) in [6.45, 7) is 6.61. The van der Waals surface area contributed by atoms with Gasteiger partial charge in [-0.15, -0.1) is 0 Å². The van der Waals surface area contributed by atoms with E-state index in [0.29, 0.717) is 46.8 Å². The highest BCUT2D eigenvalue weighted by Crippen LogP contribution is 2.50. The topological polar surface area (TPSA) is 124 Å². The van der Waals surface area contributed by atoms with Crippen molar-refractivity contribution in [3.8, 4) is 28.5 Å². The van der Waals surface area contributed by atoms with Crippen LogP contribution in [-0.2, 0) is 11.3 Å². The van der Waals surface area contributed by atoms with Gasteiger partial charge in [0.25, 0.3) is 0 Å². The van der Waals surface area contributed by atoms with Crippen molar-refractivity contribution in [1.29, 1.82) is 0 Å². The lowest BCUT2D eigenvalue weighted by Gasteiger charge is -2.30. The Bertz CT molecular complexity index is 2230. The van der Waals surface area contributed by atoms with Crippen LogP contribution < -0.4 is 30.3 Å². The number of rotatable bonds is 9. The van der Waals surface area contributed by atoms with Gasteiger partial charge in [0, 0.05) is 43.1 Å². The summed E-state index contributed by atoms with van der Waals surface area (Å²) in [5, 5.41) is 3.58. The maximum absolute atomic E-state index is 15.8. The maximum atomic E-state index is 15.8. The molecule has 0 unspecified atom stereocenters. The first-order valence-corrected chi connectivity index (χ1v) is 15.5. The average Bonchev–Trinajstić information content (AvgIpc) is 3.68. The second-order valence-electron chi connectivity index (χ2n) is 11.4. The molecule has 12 heteroatoms. The number of fused-ring (bicyclic) bond motifs is 3. The van der Waals surface area contributed by atoms with Gasteiger partial charge in [0.1, 0.15) is 29.4 Å². The molecule has 1 aliphatic rings. The van der Waals surface area contributed by atoms with Gasteiger partial charge in [-0.1, -0.05) is 24.8 Å². The number of nitrogens with two attached hydrogens (primary N) is 1. The van der Waals surface area contributed by atoms with Crippen LogP contribution in [0.25, 0.3) is 22.2 Å². The fourth-order valence-electron chi connectivity index (χ4n) is 6.24. The van der Waals surface area contributed by atoms with Gasteiger partial charge in [-0.05, 0) is 73.2 Å². The molecule has 1 aliphatic heterocycles. The Morgan fingerprint density at radius 3 is 2.59 bits per heavy atom. The summed E-state index contributed by atoms with van der Waals surface area (Å²) in [6.07, 6.45) is 2.66. The SMILES string of the molecule is C=CC(=O)Nc1cccc(N2CCn3c2c(-c2ccc(Oc4cccc(C)n4)c(F)c2)c2c(N)ncnc23)c1N(C)c1ccc(OC)cc1. The van der Waals surface area contributed by atoms with E-state index in [0.717, 1.165) is 34.3 Å². The third-order valence-corrected chi connectivity index (χ3v) is 8.49. The number of nitrogens with zero attached hydrogens (tertiary/aromatic N) is 6. The number of hydrogen-bond donors (Lipinski definition) is 2. The molecule has 49 heavy (non-hydrogen) atoms. The molecule has 7 rings (SSSR count). The van der Waals surface area contributed by atoms with Gasteiger partial charge in [0.15, 0.2) is 11.6 Å². The Balaban J connectivity index is 1.40. The lowest BCUT2D eigenvalue weighted by molar-refractivity contribution is -0.111. The molecule has 0 saturated heterocycles. The predicted molar refractivity (Wildman–Crippen MR) is 190 cm³/mol. The fraction of sp³-hybridized carbons (Fsp3) is 0.135. The monoisotopic (exact) mass is 656 g/mol. The molecule has 11 nitrogen and oxygen atoms in total. The molecular weight excluding hydrogens is 623 g/mol. The van der Waals surface area contributed by atoms with Crippen LogP contribution in [-0.4, -0.2) is 46.1 Å². The van der Waals surface area contributed by atoms with Crippen molar-refractivity contribution < 1.29 is 18.7 Å². The van der Waals surface area contributed by atoms with Crippen LogP contribution in [0.3, 0.4) is 0 Å². The number of amides is 1. The molecule has 3 aromatic carbocycles. The van der Waals surface area contributed by atoms with E-state index >= 15 is 4.39 Å². The summed E-state index contributed by atoms with van der Waals surface area (Å²) in [4.78, 5) is 30.0. The Morgan fingerprint density at radius 2 is 1.86 bits per heavy atom. The smallest absolute Gasteiger partial charge is 0.247 e. The lowest BCUT2D eigenvalue weighted by Crippen LogP contribution is -2.21. The number of hydrogen-bond acceptors (Lipinski definition) is 9. The van der Waals surface area contributed by atoms with E-state index in [-0.39, 0.29) is 17.5 Å². The number of pyridine rings is 1. The average molecular weight is 657 g/mol. The molecule has 0 bridgehead atoms. The molecule has 6 aromatic rings. The summed E-state index contributed by atoms with van der Waals surface area (Å²) in [5.74, 6) is 1.17. The van der Waals surface area contributed by atoms with Crippen LogP contribution >= 0.6 is 0 Å². The fourth-order valence-corrected chi connectivity index (χ4v) is 6.24. The maximum Gasteiger partial charge on any atom is 0.247 e. The quantitative estimate of drug-likeness (QED) is 0.154. The molecule has 0 saturated carbocycles. The van der Waals surface area contributed by atoms with E-state index in [4.69, 9.17) is 15.2 Å². The van der Waals surface area contributed by atoms with E-state index < -0.39 is 5.82 Å². The lowest BCUT2D eigenvalue weighted by atomic mass is 10.0. The van der Waals surface area contributed by atoms with Gasteiger partial charge in [-0.25, -0.2) is 19.3 Å². The zero-order valence-corrected chi connectivity index (χ0v) is 27.1. The van der Waals surface area contributed by atoms with Crippen molar-refractivity contribution in [1.82, 2.24) is 19.5 Å². The first-order chi connectivity index (χ1) is 23.8. The van der Waals surface area contributed by atoms with Crippen LogP contribution in [0.4, 0.5) is 38.8 Å². The van der Waals surface area contributed by atoms with Crippen molar-refractivity contribution in [2.45, 2.75) is 13.5 Å². The Labute approximate surface area is 282 Å². The summed E-state index contributed by atoms with van der Waals surface area (Å²) in [6, 6.07) is 23.5. The minimum Gasteiger partial charge on any atom is -0.497 e. The molecule has 3 N–H and O–H groups in total. The molecule has 0 aliphatic carbocycles. The second-order valence-corrected chi connectivity index (χ2v) is 11.4. The van der Waals surface area contributed by atoms with Gasteiger partial charge >= 0.3 is 0 Å². The molecule has 3 aromatic heterocycles. The van der Waals surface area contributed by atoms with Crippen LogP contribution in [0.1, 0.15) is 5.69 Å². The number of ether oxygens (including phenoxy) is 2. The number of anilines is 6. The number of carbonyl (C=O) groups excluding carboxylic acids is 1. The van der Waals surface area contributed by atoms with Crippen molar-refractivity contribution in [3.63, 3.8) is 0 Å². The van der Waals surface area contributed by atoms with E-state index in [2.05, 4.69) is 36.3 Å². The number of methoxy groups -OCH3 is 1. The minimum absolute atomic E-state index is 0.0390. The minimum atomic E-state index is -0.567. The van der Waals surface area contributed by atoms with Crippen molar-refractivity contribution in [2.24, 2.45) is 0 Å². The number of para-hydroxylation sites is 1. The highest BCUT2D eigenvalue weighted by Gasteiger charge is 2.33. The number of nitrogens with one attached hydrogen (secondary N) is 1. The van der Waals surface area contributed by atoms with Crippen LogP contribution in [0, 0.1) is 12.7 Å². The van der Waals surface area contributed by atoms with Crippen molar-refractivity contribution in [2.75, 3.05) is 41.6 Å². The van der Waals surface area contributed by atoms with E-state index in [1.807, 2.05) is 67.4 Å². The Morgan fingerprint density at radius 1 is 1.06 bits per heavy atom. The third kappa shape index (κ3) is 5.63. The predicted octanol–water partition coefficient (Wildman–Crippen LogP) is 7.37. The van der Waals surface area contributed by atoms with Gasteiger partial charge in [0.2, 0.25) is 11.8 Å². The number of nitrogen functional groups attached to an aromatic ring is 1. The van der Waals surface area contributed by atoms with E-state index in [1.165, 1.54) is 18.5 Å². The summed E-state index contributed by atoms with van der Waals surface area (Å²) >= 11 is 0. The molecule has 246 valence electrons. The van der Waals surface area contributed by atoms with E-state index in [9.17, 15) is 4.79 Å². The standard InChI is InChI=1S/C37H33FN8O3/c1-5-30(47)43-27-9-7-10-28(34(27)44(3)24-13-15-25(48-4)16-14-24)45-18-19-46-36-33(35(39)40-21-41-36)32(37(45)46)23-12-17-29(26(38)20-23)49-31-11-6-8-22(2)42-31/h5-17,20-21H,1,18-19H2,2-4H3,(H,43,47)(H2,39,40,41). The number of benzene rings is 3. The van der Waals surface area contributed by atoms with Crippen LogP contribution in [0.5, 0.6) is 17.4 Å². The van der Waals surface area contributed by atoms with E-state index in [1.54, 1.807) is 31.4 Å². The second kappa shape index (κ2) is 12.6. The number of aryl methyl sites for hydroxylation is 1. The summed E-state index contributed by atoms with van der Waals surface area (Å²) < 4.78 is 29.1. The molecule has 0 spiro atoms. The molecular formula is C37H33FN8O3. The van der Waals surface area contributed by atoms with Gasteiger partial charge in [-0.2, -0.15) is 0 Å². The first kappa shape index (κ1) is 31.2. The van der Waals surface area contributed by atoms with Crippen molar-refractivity contribution in [3.05, 3.63) is 109 Å². The Kier molecular flexibility index (Phi) is 8.04. The molecule has 0 fully saturated rings. The molecule has 1 amide bonds. The van der Waals surface area contributed by atoms with Gasteiger partial charge in [-0.3, -0.25) is 4.79 Å². The zero-order chi connectivity index (χ0) is 34.2. The number of aromatic nitrogens is 4. The highest BCUT2D eigenvalue weighted by molar-refractivity contribution is 6.10. The molecule has 4 heterocycles. The van der Waals surface area contributed by atoms with Crippen LogP contribution in [0.2, 0.25) is 0 Å². The van der Waals surface area contributed by atoms with Gasteiger partial charge in [0.05, 0.1) is 29.6 Å².